The maximum Gasteiger partial charge on any atom is 0.416 e. The summed E-state index contributed by atoms with van der Waals surface area (Å²) >= 11 is 0. The number of fused-ring (bicyclic) bond motifs is 1. The van der Waals surface area contributed by atoms with Crippen LogP contribution in [0.1, 0.15) is 57.6 Å². The van der Waals surface area contributed by atoms with Crippen LogP contribution in [0.15, 0.2) is 59.4 Å². The number of hydrogen-bond acceptors (Lipinski definition) is 8. The van der Waals surface area contributed by atoms with Crippen LogP contribution in [-0.2, 0) is 25.7 Å². The van der Waals surface area contributed by atoms with Crippen molar-refractivity contribution >= 4 is 34.9 Å². The van der Waals surface area contributed by atoms with Crippen molar-refractivity contribution in [2.75, 3.05) is 24.6 Å². The number of hydrogen-bond donors (Lipinski definition) is 1. The molecular weight excluding hydrogens is 524 g/mol. The second kappa shape index (κ2) is 12.8. The fourth-order valence-electron chi connectivity index (χ4n) is 5.05. The second-order valence-electron chi connectivity index (χ2n) is 11.5. The molecule has 0 bridgehead atoms. The van der Waals surface area contributed by atoms with Gasteiger partial charge >= 0.3 is 6.09 Å². The standard InChI is InChI=1S/C31H38N4O6/c1-31(2,3)40-30(37)35(25-13-15-34(21-25)20-23-7-10-26-24(18-23)14-17-38-26)27-11-8-22(19-32-27)9-12-28(36)33-41-29-6-4-5-16-39-29/h7-12,14,17-19,25,29H,4-6,13,15-16,20-21H2,1-3H3,(H,33,36)/b12-9+/t25-,29?/m1/s1. The number of nitrogens with zero attached hydrogens (tertiary/aromatic N) is 3. The summed E-state index contributed by atoms with van der Waals surface area (Å²) in [5.74, 6) is 0.113. The molecule has 1 aromatic carbocycles. The third kappa shape index (κ3) is 7.93. The Kier molecular flexibility index (Phi) is 9.02. The zero-order valence-electron chi connectivity index (χ0n) is 23.9. The maximum atomic E-state index is 13.4. The normalized spacial score (nSPS) is 20.0. The van der Waals surface area contributed by atoms with E-state index < -0.39 is 23.9 Å². The van der Waals surface area contributed by atoms with Crippen molar-refractivity contribution in [2.45, 2.75) is 70.9 Å². The van der Waals surface area contributed by atoms with Crippen molar-refractivity contribution in [1.82, 2.24) is 15.4 Å². The van der Waals surface area contributed by atoms with Crippen molar-refractivity contribution in [1.29, 1.82) is 0 Å². The number of amides is 2. The molecule has 2 atom stereocenters. The Morgan fingerprint density at radius 1 is 1.17 bits per heavy atom. The first-order valence-corrected chi connectivity index (χ1v) is 14.2. The maximum absolute atomic E-state index is 13.4. The van der Waals surface area contributed by atoms with E-state index in [0.717, 1.165) is 49.7 Å². The lowest BCUT2D eigenvalue weighted by molar-refractivity contribution is -0.198. The van der Waals surface area contributed by atoms with Crippen LogP contribution in [0.5, 0.6) is 0 Å². The van der Waals surface area contributed by atoms with Crippen molar-refractivity contribution < 1.29 is 28.3 Å². The van der Waals surface area contributed by atoms with E-state index in [2.05, 4.69) is 27.5 Å². The van der Waals surface area contributed by atoms with Crippen molar-refractivity contribution in [3.8, 4) is 0 Å². The van der Waals surface area contributed by atoms with Crippen LogP contribution < -0.4 is 10.4 Å². The number of hydroxylamine groups is 1. The molecule has 2 aliphatic heterocycles. The molecule has 10 heteroatoms. The Morgan fingerprint density at radius 2 is 2.05 bits per heavy atom. The molecule has 4 heterocycles. The molecule has 2 aliphatic rings. The molecule has 10 nitrogen and oxygen atoms in total. The first-order chi connectivity index (χ1) is 19.7. The molecule has 2 fully saturated rings. The minimum atomic E-state index is -0.644. The molecule has 2 aromatic heterocycles. The minimum Gasteiger partial charge on any atom is -0.464 e. The Labute approximate surface area is 240 Å². The average Bonchev–Trinajstić information content (AvgIpc) is 3.60. The Hall–Kier alpha value is -3.73. The highest BCUT2D eigenvalue weighted by molar-refractivity contribution is 5.91. The van der Waals surface area contributed by atoms with Crippen LogP contribution >= 0.6 is 0 Å². The van der Waals surface area contributed by atoms with Crippen LogP contribution in [0.3, 0.4) is 0 Å². The number of likely N-dealkylation sites (tertiary alicyclic amines) is 1. The van der Waals surface area contributed by atoms with Gasteiger partial charge in [-0.3, -0.25) is 14.6 Å². The average molecular weight is 563 g/mol. The number of aromatic nitrogens is 1. The van der Waals surface area contributed by atoms with Crippen molar-refractivity contribution in [3.63, 3.8) is 0 Å². The molecule has 1 N–H and O–H groups in total. The number of furan rings is 1. The lowest BCUT2D eigenvalue weighted by atomic mass is 10.1. The van der Waals surface area contributed by atoms with Crippen LogP contribution in [0, 0.1) is 0 Å². The van der Waals surface area contributed by atoms with Crippen LogP contribution in [0.4, 0.5) is 10.6 Å². The molecule has 2 saturated heterocycles. The minimum absolute atomic E-state index is 0.0960. The van der Waals surface area contributed by atoms with E-state index in [1.54, 1.807) is 29.5 Å². The third-order valence-electron chi connectivity index (χ3n) is 7.00. The lowest BCUT2D eigenvalue weighted by Crippen LogP contribution is -2.45. The van der Waals surface area contributed by atoms with Gasteiger partial charge in [-0.1, -0.05) is 6.07 Å². The summed E-state index contributed by atoms with van der Waals surface area (Å²) in [5, 5.41) is 1.08. The lowest BCUT2D eigenvalue weighted by Gasteiger charge is -2.31. The second-order valence-corrected chi connectivity index (χ2v) is 11.5. The Bertz CT molecular complexity index is 1360. The monoisotopic (exact) mass is 562 g/mol. The van der Waals surface area contributed by atoms with Gasteiger partial charge in [0.25, 0.3) is 5.91 Å². The summed E-state index contributed by atoms with van der Waals surface area (Å²) in [7, 11) is 0. The molecule has 5 rings (SSSR count). The van der Waals surface area contributed by atoms with Gasteiger partial charge in [0.1, 0.15) is 17.0 Å². The van der Waals surface area contributed by atoms with E-state index in [4.69, 9.17) is 18.7 Å². The predicted octanol–water partition coefficient (Wildman–Crippen LogP) is 5.43. The fourth-order valence-corrected chi connectivity index (χ4v) is 5.05. The first-order valence-electron chi connectivity index (χ1n) is 14.2. The summed E-state index contributed by atoms with van der Waals surface area (Å²) in [4.78, 5) is 39.4. The topological polar surface area (TPSA) is 106 Å². The summed E-state index contributed by atoms with van der Waals surface area (Å²) in [5.41, 5.74) is 4.54. The van der Waals surface area contributed by atoms with Gasteiger partial charge in [0, 0.05) is 50.3 Å². The van der Waals surface area contributed by atoms with Crippen molar-refractivity contribution in [2.24, 2.45) is 0 Å². The van der Waals surface area contributed by atoms with E-state index in [1.165, 1.54) is 11.6 Å². The van der Waals surface area contributed by atoms with Crippen LogP contribution in [-0.4, -0.2) is 59.5 Å². The van der Waals surface area contributed by atoms with Gasteiger partial charge in [0.2, 0.25) is 0 Å². The van der Waals surface area contributed by atoms with Crippen LogP contribution in [0.2, 0.25) is 0 Å². The molecule has 0 aliphatic carbocycles. The molecule has 3 aromatic rings. The number of pyridine rings is 1. The Balaban J connectivity index is 1.23. The third-order valence-corrected chi connectivity index (χ3v) is 7.00. The number of carbonyl (C=O) groups is 2. The van der Waals surface area contributed by atoms with Gasteiger partial charge < -0.3 is 13.9 Å². The molecule has 2 amide bonds. The molecule has 41 heavy (non-hydrogen) atoms. The number of ether oxygens (including phenoxy) is 2. The summed E-state index contributed by atoms with van der Waals surface area (Å²) in [6, 6.07) is 11.7. The van der Waals surface area contributed by atoms with E-state index in [1.807, 2.05) is 39.0 Å². The Morgan fingerprint density at radius 3 is 2.80 bits per heavy atom. The summed E-state index contributed by atoms with van der Waals surface area (Å²) in [6.45, 7) is 8.51. The highest BCUT2D eigenvalue weighted by Gasteiger charge is 2.35. The van der Waals surface area contributed by atoms with E-state index in [-0.39, 0.29) is 6.04 Å². The highest BCUT2D eigenvalue weighted by Crippen LogP contribution is 2.26. The molecule has 0 radical (unpaired) electrons. The zero-order valence-corrected chi connectivity index (χ0v) is 23.9. The van der Waals surface area contributed by atoms with E-state index in [0.29, 0.717) is 24.5 Å². The number of anilines is 1. The summed E-state index contributed by atoms with van der Waals surface area (Å²) in [6.07, 6.45) is 9.07. The summed E-state index contributed by atoms with van der Waals surface area (Å²) < 4.78 is 16.7. The van der Waals surface area contributed by atoms with Gasteiger partial charge in [0.05, 0.1) is 12.3 Å². The predicted molar refractivity (Wildman–Crippen MR) is 155 cm³/mol. The number of carbonyl (C=O) groups excluding carboxylic acids is 2. The molecule has 0 spiro atoms. The molecule has 0 saturated carbocycles. The van der Waals surface area contributed by atoms with Gasteiger partial charge in [-0.2, -0.15) is 0 Å². The van der Waals surface area contributed by atoms with Crippen molar-refractivity contribution in [3.05, 3.63) is 66.1 Å². The van der Waals surface area contributed by atoms with Gasteiger partial charge in [0.15, 0.2) is 6.29 Å². The quantitative estimate of drug-likeness (QED) is 0.286. The van der Waals surface area contributed by atoms with E-state index >= 15 is 0 Å². The molecular formula is C31H38N4O6. The fraction of sp³-hybridized carbons (Fsp3) is 0.452. The SMILES string of the molecule is CC(C)(C)OC(=O)N(c1ccc(/C=C/C(=O)NOC2CCCCO2)cn1)[C@@H]1CCN(Cc2ccc3occc3c2)C1. The van der Waals surface area contributed by atoms with Gasteiger partial charge in [-0.05, 0) is 87.6 Å². The van der Waals surface area contributed by atoms with Gasteiger partial charge in [-0.25, -0.2) is 20.1 Å². The number of nitrogens with one attached hydrogen (secondary N) is 1. The van der Waals surface area contributed by atoms with E-state index in [9.17, 15) is 9.59 Å². The smallest absolute Gasteiger partial charge is 0.416 e. The highest BCUT2D eigenvalue weighted by atomic mass is 16.8. The zero-order chi connectivity index (χ0) is 28.8. The largest absolute Gasteiger partial charge is 0.464 e. The first kappa shape index (κ1) is 28.8. The molecule has 218 valence electrons. The van der Waals surface area contributed by atoms with Crippen LogP contribution in [0.25, 0.3) is 17.0 Å². The number of rotatable bonds is 8. The van der Waals surface area contributed by atoms with Gasteiger partial charge in [-0.15, -0.1) is 0 Å². The molecule has 1 unspecified atom stereocenters. The number of benzene rings is 1.